The van der Waals surface area contributed by atoms with Gasteiger partial charge in [-0.1, -0.05) is 13.8 Å². The summed E-state index contributed by atoms with van der Waals surface area (Å²) >= 11 is 1.69. The zero-order chi connectivity index (χ0) is 11.8. The lowest BCUT2D eigenvalue weighted by atomic mass is 9.99. The summed E-state index contributed by atoms with van der Waals surface area (Å²) in [5, 5.41) is 0. The van der Waals surface area contributed by atoms with Crippen LogP contribution in [0.5, 0.6) is 0 Å². The van der Waals surface area contributed by atoms with Gasteiger partial charge >= 0.3 is 6.18 Å². The average Bonchev–Trinajstić information content (AvgIpc) is 2.06. The maximum Gasteiger partial charge on any atom is 0.417 e. The average molecular weight is 329 g/mol. The van der Waals surface area contributed by atoms with Crippen molar-refractivity contribution < 1.29 is 13.2 Å². The number of anilines is 1. The molecule has 0 radical (unpaired) electrons. The maximum atomic E-state index is 12.5. The molecule has 1 aromatic carbocycles. The lowest BCUT2D eigenvalue weighted by Gasteiger charge is -2.15. The number of rotatable bonds is 1. The van der Waals surface area contributed by atoms with Crippen LogP contribution in [0, 0.1) is 3.57 Å². The van der Waals surface area contributed by atoms with Crippen molar-refractivity contribution in [2.75, 3.05) is 5.73 Å². The molecule has 1 rings (SSSR count). The Morgan fingerprint density at radius 3 is 2.20 bits per heavy atom. The van der Waals surface area contributed by atoms with Crippen LogP contribution in [0.4, 0.5) is 18.9 Å². The van der Waals surface area contributed by atoms with Crippen molar-refractivity contribution in [1.82, 2.24) is 0 Å². The first-order valence-electron chi connectivity index (χ1n) is 4.39. The molecule has 0 amide bonds. The molecule has 0 heterocycles. The van der Waals surface area contributed by atoms with Crippen LogP contribution in [0.25, 0.3) is 0 Å². The largest absolute Gasteiger partial charge is 0.417 e. The third-order valence-corrected chi connectivity index (χ3v) is 2.99. The minimum atomic E-state index is -4.33. The van der Waals surface area contributed by atoms with Crippen LogP contribution in [0.15, 0.2) is 12.1 Å². The van der Waals surface area contributed by atoms with Gasteiger partial charge < -0.3 is 5.73 Å². The summed E-state index contributed by atoms with van der Waals surface area (Å²) in [6.45, 7) is 3.80. The Labute approximate surface area is 100.0 Å². The van der Waals surface area contributed by atoms with E-state index in [2.05, 4.69) is 0 Å². The Balaban J connectivity index is 3.32. The molecule has 1 aromatic rings. The van der Waals surface area contributed by atoms with E-state index < -0.39 is 11.7 Å². The van der Waals surface area contributed by atoms with E-state index in [1.165, 1.54) is 6.07 Å². The molecule has 2 N–H and O–H groups in total. The first kappa shape index (κ1) is 12.6. The van der Waals surface area contributed by atoms with Gasteiger partial charge in [0.1, 0.15) is 0 Å². The van der Waals surface area contributed by atoms with E-state index >= 15 is 0 Å². The molecular formula is C10H11F3IN. The Kier molecular flexibility index (Phi) is 3.52. The lowest BCUT2D eigenvalue weighted by Crippen LogP contribution is -2.10. The molecule has 0 aliphatic rings. The van der Waals surface area contributed by atoms with E-state index in [1.807, 2.05) is 13.8 Å². The Bertz CT molecular complexity index is 372. The lowest BCUT2D eigenvalue weighted by molar-refractivity contribution is -0.138. The number of nitrogen functional groups attached to an aromatic ring is 1. The molecule has 15 heavy (non-hydrogen) atoms. The summed E-state index contributed by atoms with van der Waals surface area (Å²) in [7, 11) is 0. The second-order valence-corrected chi connectivity index (χ2v) is 4.78. The molecule has 84 valence electrons. The van der Waals surface area contributed by atoms with Gasteiger partial charge in [-0.3, -0.25) is 0 Å². The quantitative estimate of drug-likeness (QED) is 0.611. The normalized spacial score (nSPS) is 12.2. The predicted octanol–water partition coefficient (Wildman–Crippen LogP) is 4.02. The first-order chi connectivity index (χ1) is 6.73. The monoisotopic (exact) mass is 329 g/mol. The van der Waals surface area contributed by atoms with E-state index in [1.54, 1.807) is 22.6 Å². The highest BCUT2D eigenvalue weighted by atomic mass is 127. The van der Waals surface area contributed by atoms with Gasteiger partial charge in [0.15, 0.2) is 0 Å². The van der Waals surface area contributed by atoms with Crippen LogP contribution < -0.4 is 5.73 Å². The molecule has 0 aromatic heterocycles. The van der Waals surface area contributed by atoms with Crippen molar-refractivity contribution in [1.29, 1.82) is 0 Å². The molecular weight excluding hydrogens is 318 g/mol. The van der Waals surface area contributed by atoms with Gasteiger partial charge in [0.2, 0.25) is 0 Å². The number of hydrogen-bond donors (Lipinski definition) is 1. The maximum absolute atomic E-state index is 12.5. The molecule has 0 aliphatic carbocycles. The molecule has 1 nitrogen and oxygen atoms in total. The third kappa shape index (κ3) is 2.76. The SMILES string of the molecule is CC(C)c1cc(I)c(C(F)(F)F)cc1N. The van der Waals surface area contributed by atoms with Crippen molar-refractivity contribution in [3.05, 3.63) is 26.8 Å². The highest BCUT2D eigenvalue weighted by Crippen LogP contribution is 2.36. The molecule has 0 saturated heterocycles. The van der Waals surface area contributed by atoms with E-state index in [9.17, 15) is 13.2 Å². The predicted molar refractivity (Wildman–Crippen MR) is 62.7 cm³/mol. The van der Waals surface area contributed by atoms with Gasteiger partial charge in [0.05, 0.1) is 5.56 Å². The number of halogens is 4. The van der Waals surface area contributed by atoms with Crippen LogP contribution in [-0.2, 0) is 6.18 Å². The number of hydrogen-bond acceptors (Lipinski definition) is 1. The summed E-state index contributed by atoms with van der Waals surface area (Å²) in [4.78, 5) is 0. The number of nitrogens with two attached hydrogens (primary N) is 1. The highest BCUT2D eigenvalue weighted by Gasteiger charge is 2.33. The topological polar surface area (TPSA) is 26.0 Å². The third-order valence-electron chi connectivity index (χ3n) is 2.10. The smallest absolute Gasteiger partial charge is 0.398 e. The van der Waals surface area contributed by atoms with Crippen LogP contribution >= 0.6 is 22.6 Å². The Morgan fingerprint density at radius 1 is 1.27 bits per heavy atom. The summed E-state index contributed by atoms with van der Waals surface area (Å²) in [5.74, 6) is 0.126. The summed E-state index contributed by atoms with van der Waals surface area (Å²) in [6.07, 6.45) is -4.33. The fraction of sp³-hybridized carbons (Fsp3) is 0.400. The van der Waals surface area contributed by atoms with Crippen molar-refractivity contribution >= 4 is 28.3 Å². The first-order valence-corrected chi connectivity index (χ1v) is 5.47. The molecule has 0 unspecified atom stereocenters. The summed E-state index contributed by atoms with van der Waals surface area (Å²) in [5.41, 5.74) is 5.89. The molecule has 0 aliphatic heterocycles. The molecule has 0 atom stereocenters. The fourth-order valence-corrected chi connectivity index (χ4v) is 2.12. The standard InChI is InChI=1S/C10H11F3IN/c1-5(2)6-3-8(14)7(4-9(6)15)10(11,12)13/h3-5H,15H2,1-2H3. The second-order valence-electron chi connectivity index (χ2n) is 3.61. The highest BCUT2D eigenvalue weighted by molar-refractivity contribution is 14.1. The van der Waals surface area contributed by atoms with Crippen LogP contribution in [0.1, 0.15) is 30.9 Å². The van der Waals surface area contributed by atoms with E-state index in [0.29, 0.717) is 0 Å². The second kappa shape index (κ2) is 4.19. The summed E-state index contributed by atoms with van der Waals surface area (Å²) in [6, 6.07) is 2.51. The summed E-state index contributed by atoms with van der Waals surface area (Å²) < 4.78 is 37.7. The van der Waals surface area contributed by atoms with Crippen molar-refractivity contribution in [3.8, 4) is 0 Å². The number of alkyl halides is 3. The van der Waals surface area contributed by atoms with Gasteiger partial charge in [-0.25, -0.2) is 0 Å². The minimum Gasteiger partial charge on any atom is -0.398 e. The molecule has 5 heteroatoms. The van der Waals surface area contributed by atoms with Gasteiger partial charge in [-0.2, -0.15) is 13.2 Å². The minimum absolute atomic E-state index is 0.126. The van der Waals surface area contributed by atoms with E-state index in [0.717, 1.165) is 11.6 Å². The van der Waals surface area contributed by atoms with Crippen LogP contribution in [0.2, 0.25) is 0 Å². The Hall–Kier alpha value is -0.460. The van der Waals surface area contributed by atoms with Crippen molar-refractivity contribution in [3.63, 3.8) is 0 Å². The van der Waals surface area contributed by atoms with Crippen molar-refractivity contribution in [2.24, 2.45) is 0 Å². The van der Waals surface area contributed by atoms with E-state index in [-0.39, 0.29) is 15.2 Å². The van der Waals surface area contributed by atoms with Gasteiger partial charge in [-0.05, 0) is 46.2 Å². The molecule has 0 spiro atoms. The number of benzene rings is 1. The molecule has 0 saturated carbocycles. The zero-order valence-corrected chi connectivity index (χ0v) is 10.5. The van der Waals surface area contributed by atoms with Crippen LogP contribution in [0.3, 0.4) is 0 Å². The Morgan fingerprint density at radius 2 is 1.80 bits per heavy atom. The van der Waals surface area contributed by atoms with Gasteiger partial charge in [-0.15, -0.1) is 0 Å². The van der Waals surface area contributed by atoms with Crippen molar-refractivity contribution in [2.45, 2.75) is 25.9 Å². The molecule has 0 bridgehead atoms. The van der Waals surface area contributed by atoms with Gasteiger partial charge in [0.25, 0.3) is 0 Å². The fourth-order valence-electron chi connectivity index (χ4n) is 1.32. The van der Waals surface area contributed by atoms with Crippen LogP contribution in [-0.4, -0.2) is 0 Å². The molecule has 0 fully saturated rings. The zero-order valence-electron chi connectivity index (χ0n) is 8.32. The van der Waals surface area contributed by atoms with Gasteiger partial charge in [0, 0.05) is 9.26 Å². The van der Waals surface area contributed by atoms with E-state index in [4.69, 9.17) is 5.73 Å².